The topological polar surface area (TPSA) is 86.7 Å². The first-order chi connectivity index (χ1) is 12.5. The lowest BCUT2D eigenvalue weighted by molar-refractivity contribution is -0.138. The molecule has 0 radical (unpaired) electrons. The molecule has 1 aliphatic heterocycles. The van der Waals surface area contributed by atoms with Crippen molar-refractivity contribution < 1.29 is 19.5 Å². The van der Waals surface area contributed by atoms with Crippen molar-refractivity contribution in [1.29, 1.82) is 0 Å². The van der Waals surface area contributed by atoms with Gasteiger partial charge in [-0.3, -0.25) is 14.4 Å². The van der Waals surface area contributed by atoms with Gasteiger partial charge in [-0.2, -0.15) is 0 Å². The van der Waals surface area contributed by atoms with Crippen molar-refractivity contribution in [1.82, 2.24) is 0 Å². The maximum Gasteiger partial charge on any atom is 0.312 e. The van der Waals surface area contributed by atoms with E-state index >= 15 is 0 Å². The van der Waals surface area contributed by atoms with E-state index in [-0.39, 0.29) is 24.3 Å². The molecule has 4 rings (SSSR count). The minimum Gasteiger partial charge on any atom is -0.481 e. The zero-order valence-corrected chi connectivity index (χ0v) is 14.0. The fourth-order valence-corrected chi connectivity index (χ4v) is 3.29. The fourth-order valence-electron chi connectivity index (χ4n) is 3.29. The Balaban J connectivity index is 1.60. The van der Waals surface area contributed by atoms with Crippen LogP contribution in [0.5, 0.6) is 0 Å². The van der Waals surface area contributed by atoms with Gasteiger partial charge in [-0.15, -0.1) is 0 Å². The molecule has 0 saturated heterocycles. The summed E-state index contributed by atoms with van der Waals surface area (Å²) >= 11 is 0. The first kappa shape index (κ1) is 16.3. The van der Waals surface area contributed by atoms with Crippen molar-refractivity contribution in [2.24, 2.45) is 5.92 Å². The highest BCUT2D eigenvalue weighted by molar-refractivity contribution is 6.09. The third-order valence-electron chi connectivity index (χ3n) is 4.84. The van der Waals surface area contributed by atoms with Gasteiger partial charge < -0.3 is 15.3 Å². The Labute approximate surface area is 150 Å². The fraction of sp³-hybridized carbons (Fsp3) is 0.250. The second-order valence-corrected chi connectivity index (χ2v) is 6.71. The number of benzene rings is 2. The van der Waals surface area contributed by atoms with Gasteiger partial charge in [-0.05, 0) is 42.7 Å². The molecule has 2 N–H and O–H groups in total. The normalized spacial score (nSPS) is 18.3. The quantitative estimate of drug-likeness (QED) is 0.888. The molecule has 0 aromatic heterocycles. The van der Waals surface area contributed by atoms with E-state index in [0.29, 0.717) is 22.5 Å². The minimum atomic E-state index is -0.946. The molecule has 132 valence electrons. The maximum atomic E-state index is 13.0. The Morgan fingerprint density at radius 3 is 2.54 bits per heavy atom. The van der Waals surface area contributed by atoms with Crippen LogP contribution in [0, 0.1) is 5.92 Å². The first-order valence-corrected chi connectivity index (χ1v) is 8.59. The highest BCUT2D eigenvalue weighted by atomic mass is 16.4. The molecular formula is C20H18N2O4. The van der Waals surface area contributed by atoms with Gasteiger partial charge >= 0.3 is 5.97 Å². The highest BCUT2D eigenvalue weighted by Crippen LogP contribution is 2.37. The molecule has 1 heterocycles. The predicted octanol–water partition coefficient (Wildman–Crippen LogP) is 2.86. The second kappa shape index (κ2) is 6.29. The lowest BCUT2D eigenvalue weighted by Gasteiger charge is -2.18. The number of hydrogen-bond acceptors (Lipinski definition) is 3. The summed E-state index contributed by atoms with van der Waals surface area (Å²) in [4.78, 5) is 37.9. The SMILES string of the molecule is O=C(Nc1cccc(C(=O)N2CC(C(=O)O)c3ccccc32)c1)C1CC1. The van der Waals surface area contributed by atoms with E-state index in [9.17, 15) is 19.5 Å². The van der Waals surface area contributed by atoms with E-state index in [1.165, 1.54) is 4.90 Å². The number of rotatable bonds is 4. The smallest absolute Gasteiger partial charge is 0.312 e. The lowest BCUT2D eigenvalue weighted by atomic mass is 10.0. The van der Waals surface area contributed by atoms with Gasteiger partial charge in [0.2, 0.25) is 5.91 Å². The number of para-hydroxylation sites is 1. The van der Waals surface area contributed by atoms with E-state index in [0.717, 1.165) is 12.8 Å². The Hall–Kier alpha value is -3.15. The van der Waals surface area contributed by atoms with Crippen molar-refractivity contribution in [2.75, 3.05) is 16.8 Å². The van der Waals surface area contributed by atoms with Gasteiger partial charge in [0.25, 0.3) is 5.91 Å². The van der Waals surface area contributed by atoms with Crippen LogP contribution >= 0.6 is 0 Å². The number of aliphatic carboxylic acids is 1. The Bertz CT molecular complexity index is 904. The number of carboxylic acid groups (broad SMARTS) is 1. The van der Waals surface area contributed by atoms with E-state index in [2.05, 4.69) is 5.32 Å². The monoisotopic (exact) mass is 350 g/mol. The summed E-state index contributed by atoms with van der Waals surface area (Å²) in [5, 5.41) is 12.3. The molecule has 1 fully saturated rings. The van der Waals surface area contributed by atoms with Crippen LogP contribution in [0.1, 0.15) is 34.7 Å². The summed E-state index contributed by atoms with van der Waals surface area (Å²) in [6.45, 7) is 0.103. The van der Waals surface area contributed by atoms with Crippen LogP contribution in [0.3, 0.4) is 0 Å². The molecule has 1 unspecified atom stereocenters. The van der Waals surface area contributed by atoms with Crippen molar-refractivity contribution in [3.8, 4) is 0 Å². The van der Waals surface area contributed by atoms with Crippen molar-refractivity contribution in [3.05, 3.63) is 59.7 Å². The number of nitrogens with zero attached hydrogens (tertiary/aromatic N) is 1. The van der Waals surface area contributed by atoms with E-state index in [1.807, 2.05) is 0 Å². The van der Waals surface area contributed by atoms with Gasteiger partial charge in [-0.25, -0.2) is 0 Å². The average Bonchev–Trinajstić information content (AvgIpc) is 3.42. The molecule has 1 saturated carbocycles. The average molecular weight is 350 g/mol. The molecule has 2 amide bonds. The Kier molecular flexibility index (Phi) is 3.95. The Morgan fingerprint density at radius 1 is 1.04 bits per heavy atom. The molecular weight excluding hydrogens is 332 g/mol. The van der Waals surface area contributed by atoms with E-state index < -0.39 is 11.9 Å². The summed E-state index contributed by atoms with van der Waals surface area (Å²) < 4.78 is 0. The summed E-state index contributed by atoms with van der Waals surface area (Å²) in [5.74, 6) is -1.89. The number of fused-ring (bicyclic) bond motifs is 1. The molecule has 2 aromatic rings. The van der Waals surface area contributed by atoms with E-state index in [1.54, 1.807) is 48.5 Å². The largest absolute Gasteiger partial charge is 0.481 e. The van der Waals surface area contributed by atoms with Crippen molar-refractivity contribution >= 4 is 29.2 Å². The maximum absolute atomic E-state index is 13.0. The summed E-state index contributed by atoms with van der Waals surface area (Å²) in [6, 6.07) is 13.8. The third kappa shape index (κ3) is 2.94. The molecule has 1 aliphatic carbocycles. The zero-order chi connectivity index (χ0) is 18.3. The molecule has 1 atom stereocenters. The number of hydrogen-bond donors (Lipinski definition) is 2. The second-order valence-electron chi connectivity index (χ2n) is 6.71. The van der Waals surface area contributed by atoms with Crippen molar-refractivity contribution in [2.45, 2.75) is 18.8 Å². The van der Waals surface area contributed by atoms with Crippen LogP contribution < -0.4 is 10.2 Å². The highest BCUT2D eigenvalue weighted by Gasteiger charge is 2.36. The minimum absolute atomic E-state index is 0.0212. The third-order valence-corrected chi connectivity index (χ3v) is 4.84. The summed E-state index contributed by atoms with van der Waals surface area (Å²) in [5.41, 5.74) is 2.26. The van der Waals surface area contributed by atoms with Gasteiger partial charge in [0.1, 0.15) is 5.92 Å². The molecule has 6 heteroatoms. The predicted molar refractivity (Wildman–Crippen MR) is 96.3 cm³/mol. The molecule has 2 aliphatic rings. The van der Waals surface area contributed by atoms with Crippen LogP contribution in [0.15, 0.2) is 48.5 Å². The number of nitrogens with one attached hydrogen (secondary N) is 1. The standard InChI is InChI=1S/C20H18N2O4/c23-18(12-8-9-12)21-14-5-3-4-13(10-14)19(24)22-11-16(20(25)26)15-6-1-2-7-17(15)22/h1-7,10,12,16H,8-9,11H2,(H,21,23)(H,25,26). The number of carbonyl (C=O) groups is 3. The van der Waals surface area contributed by atoms with Crippen LogP contribution in [0.25, 0.3) is 0 Å². The number of carbonyl (C=O) groups excluding carboxylic acids is 2. The molecule has 0 bridgehead atoms. The van der Waals surface area contributed by atoms with Gasteiger partial charge in [0.05, 0.1) is 0 Å². The van der Waals surface area contributed by atoms with E-state index in [4.69, 9.17) is 0 Å². The number of amides is 2. The Morgan fingerprint density at radius 2 is 1.81 bits per heavy atom. The van der Waals surface area contributed by atoms with Crippen molar-refractivity contribution in [3.63, 3.8) is 0 Å². The molecule has 2 aromatic carbocycles. The summed E-state index contributed by atoms with van der Waals surface area (Å²) in [7, 11) is 0. The lowest BCUT2D eigenvalue weighted by Crippen LogP contribution is -2.31. The number of carboxylic acids is 1. The number of anilines is 2. The molecule has 26 heavy (non-hydrogen) atoms. The summed E-state index contributed by atoms with van der Waals surface area (Å²) in [6.07, 6.45) is 1.82. The molecule has 0 spiro atoms. The van der Waals surface area contributed by atoms with Crippen LogP contribution in [0.4, 0.5) is 11.4 Å². The van der Waals surface area contributed by atoms with Gasteiger partial charge in [0.15, 0.2) is 0 Å². The first-order valence-electron chi connectivity index (χ1n) is 8.59. The van der Waals surface area contributed by atoms with Crippen LogP contribution in [-0.4, -0.2) is 29.4 Å². The van der Waals surface area contributed by atoms with Gasteiger partial charge in [-0.1, -0.05) is 24.3 Å². The zero-order valence-electron chi connectivity index (χ0n) is 14.0. The van der Waals surface area contributed by atoms with Gasteiger partial charge in [0, 0.05) is 29.4 Å². The molecule has 6 nitrogen and oxygen atoms in total. The van der Waals surface area contributed by atoms with Crippen LogP contribution in [-0.2, 0) is 9.59 Å². The van der Waals surface area contributed by atoms with Crippen LogP contribution in [0.2, 0.25) is 0 Å².